The van der Waals surface area contributed by atoms with Crippen molar-refractivity contribution in [2.75, 3.05) is 12.3 Å². The van der Waals surface area contributed by atoms with Crippen LogP contribution in [0, 0.1) is 5.92 Å². The van der Waals surface area contributed by atoms with Gasteiger partial charge in [-0.1, -0.05) is 12.8 Å². The van der Waals surface area contributed by atoms with Crippen molar-refractivity contribution in [1.29, 1.82) is 0 Å². The third kappa shape index (κ3) is 2.05. The third-order valence-corrected chi connectivity index (χ3v) is 3.29. The lowest BCUT2D eigenvalue weighted by molar-refractivity contribution is 0.245. The molecule has 90 valence electrons. The zero-order valence-electron chi connectivity index (χ0n) is 9.67. The molecule has 1 aliphatic carbocycles. The lowest BCUT2D eigenvalue weighted by Gasteiger charge is -2.11. The highest BCUT2D eigenvalue weighted by Crippen LogP contribution is 2.26. The quantitative estimate of drug-likeness (QED) is 0.877. The van der Waals surface area contributed by atoms with Gasteiger partial charge in [0.1, 0.15) is 5.82 Å². The molecule has 2 heterocycles. The number of imidazole rings is 1. The average Bonchev–Trinajstić information content (AvgIpc) is 2.95. The van der Waals surface area contributed by atoms with Crippen molar-refractivity contribution in [1.82, 2.24) is 14.4 Å². The summed E-state index contributed by atoms with van der Waals surface area (Å²) in [6, 6.07) is 0. The maximum atomic E-state index is 5.77. The molecule has 2 N–H and O–H groups in total. The van der Waals surface area contributed by atoms with Crippen LogP contribution in [0.1, 0.15) is 25.7 Å². The summed E-state index contributed by atoms with van der Waals surface area (Å²) in [6.45, 7) is 0.721. The zero-order valence-corrected chi connectivity index (χ0v) is 9.67. The summed E-state index contributed by atoms with van der Waals surface area (Å²) in [5.41, 5.74) is 6.46. The molecule has 5 nitrogen and oxygen atoms in total. The molecule has 5 heteroatoms. The van der Waals surface area contributed by atoms with E-state index in [9.17, 15) is 0 Å². The van der Waals surface area contributed by atoms with E-state index in [2.05, 4.69) is 9.97 Å². The molecule has 0 radical (unpaired) electrons. The van der Waals surface area contributed by atoms with E-state index in [-0.39, 0.29) is 0 Å². The van der Waals surface area contributed by atoms with Crippen molar-refractivity contribution in [2.24, 2.45) is 5.92 Å². The monoisotopic (exact) mass is 232 g/mol. The number of nitrogens with two attached hydrogens (primary N) is 1. The van der Waals surface area contributed by atoms with Crippen LogP contribution in [0.15, 0.2) is 18.6 Å². The maximum absolute atomic E-state index is 5.77. The number of hydrogen-bond donors (Lipinski definition) is 1. The van der Waals surface area contributed by atoms with E-state index < -0.39 is 0 Å². The maximum Gasteiger partial charge on any atom is 0.260 e. The number of anilines is 1. The van der Waals surface area contributed by atoms with Crippen LogP contribution in [0.3, 0.4) is 0 Å². The van der Waals surface area contributed by atoms with Gasteiger partial charge in [0, 0.05) is 12.4 Å². The Balaban J connectivity index is 1.81. The lowest BCUT2D eigenvalue weighted by atomic mass is 10.1. The van der Waals surface area contributed by atoms with Crippen molar-refractivity contribution in [3.8, 4) is 5.88 Å². The molecule has 0 aliphatic heterocycles. The molecule has 0 bridgehead atoms. The highest BCUT2D eigenvalue weighted by Gasteiger charge is 2.17. The molecule has 2 aromatic rings. The van der Waals surface area contributed by atoms with Crippen molar-refractivity contribution < 1.29 is 4.74 Å². The number of hydrogen-bond acceptors (Lipinski definition) is 4. The first-order valence-corrected chi connectivity index (χ1v) is 6.05. The molecule has 0 atom stereocenters. The highest BCUT2D eigenvalue weighted by molar-refractivity contribution is 5.52. The first kappa shape index (κ1) is 10.4. The van der Waals surface area contributed by atoms with E-state index in [0.29, 0.717) is 17.6 Å². The highest BCUT2D eigenvalue weighted by atomic mass is 16.5. The van der Waals surface area contributed by atoms with Crippen LogP contribution in [-0.2, 0) is 0 Å². The molecule has 3 rings (SSSR count). The van der Waals surface area contributed by atoms with Crippen LogP contribution in [-0.4, -0.2) is 21.0 Å². The first-order chi connectivity index (χ1) is 8.33. The Hall–Kier alpha value is -1.78. The Morgan fingerprint density at radius 1 is 1.41 bits per heavy atom. The summed E-state index contributed by atoms with van der Waals surface area (Å²) in [6.07, 6.45) is 10.5. The molecule has 0 aromatic carbocycles. The second kappa shape index (κ2) is 4.24. The molecule has 1 fully saturated rings. The predicted molar refractivity (Wildman–Crippen MR) is 64.9 cm³/mol. The molecule has 0 spiro atoms. The summed E-state index contributed by atoms with van der Waals surface area (Å²) in [5.74, 6) is 1.66. The van der Waals surface area contributed by atoms with Gasteiger partial charge in [0.2, 0.25) is 5.65 Å². The fourth-order valence-electron chi connectivity index (χ4n) is 2.39. The third-order valence-electron chi connectivity index (χ3n) is 3.29. The van der Waals surface area contributed by atoms with Gasteiger partial charge in [-0.05, 0) is 18.8 Å². The van der Waals surface area contributed by atoms with E-state index >= 15 is 0 Å². The van der Waals surface area contributed by atoms with E-state index in [1.165, 1.54) is 25.7 Å². The van der Waals surface area contributed by atoms with E-state index in [1.807, 2.05) is 10.6 Å². The fraction of sp³-hybridized carbons (Fsp3) is 0.500. The Bertz CT molecular complexity index is 516. The molecular formula is C12H16N4O. The van der Waals surface area contributed by atoms with Crippen LogP contribution >= 0.6 is 0 Å². The zero-order chi connectivity index (χ0) is 11.7. The van der Waals surface area contributed by atoms with Crippen LogP contribution in [0.4, 0.5) is 5.82 Å². The van der Waals surface area contributed by atoms with Crippen LogP contribution < -0.4 is 10.5 Å². The van der Waals surface area contributed by atoms with Gasteiger partial charge >= 0.3 is 0 Å². The Morgan fingerprint density at radius 2 is 2.24 bits per heavy atom. The van der Waals surface area contributed by atoms with Crippen LogP contribution in [0.25, 0.3) is 5.65 Å². The van der Waals surface area contributed by atoms with Gasteiger partial charge < -0.3 is 10.5 Å². The van der Waals surface area contributed by atoms with Gasteiger partial charge in [-0.2, -0.15) is 4.98 Å². The van der Waals surface area contributed by atoms with Crippen molar-refractivity contribution in [3.05, 3.63) is 18.6 Å². The molecule has 0 amide bonds. The topological polar surface area (TPSA) is 65.4 Å². The van der Waals surface area contributed by atoms with Gasteiger partial charge in [-0.3, -0.25) is 4.40 Å². The smallest absolute Gasteiger partial charge is 0.260 e. The van der Waals surface area contributed by atoms with E-state index in [0.717, 1.165) is 12.3 Å². The van der Waals surface area contributed by atoms with E-state index in [1.54, 1.807) is 12.4 Å². The van der Waals surface area contributed by atoms with Gasteiger partial charge in [-0.25, -0.2) is 4.98 Å². The minimum Gasteiger partial charge on any atom is -0.475 e. The summed E-state index contributed by atoms with van der Waals surface area (Å²) >= 11 is 0. The Kier molecular flexibility index (Phi) is 2.59. The van der Waals surface area contributed by atoms with Crippen molar-refractivity contribution >= 4 is 11.5 Å². The standard InChI is InChI=1S/C12H16N4O/c13-10-7-16-6-5-14-11(16)12(15-10)17-8-9-3-1-2-4-9/h5-7,9H,1-4,8,13H2. The first-order valence-electron chi connectivity index (χ1n) is 6.05. The summed E-state index contributed by atoms with van der Waals surface area (Å²) < 4.78 is 7.61. The second-order valence-corrected chi connectivity index (χ2v) is 4.59. The number of aromatic nitrogens is 3. The number of nitrogens with zero attached hydrogens (tertiary/aromatic N) is 3. The lowest BCUT2D eigenvalue weighted by Crippen LogP contribution is -2.10. The molecule has 17 heavy (non-hydrogen) atoms. The van der Waals surface area contributed by atoms with Crippen LogP contribution in [0.5, 0.6) is 5.88 Å². The van der Waals surface area contributed by atoms with Gasteiger partial charge in [0.15, 0.2) is 0 Å². The molecule has 1 aliphatic rings. The SMILES string of the molecule is Nc1cn2ccnc2c(OCC2CCCC2)n1. The molecule has 0 saturated heterocycles. The average molecular weight is 232 g/mol. The second-order valence-electron chi connectivity index (χ2n) is 4.59. The predicted octanol–water partition coefficient (Wildman–Crippen LogP) is 1.88. The Labute approximate surface area is 99.6 Å². The number of rotatable bonds is 3. The summed E-state index contributed by atoms with van der Waals surface area (Å²) in [7, 11) is 0. The fourth-order valence-corrected chi connectivity index (χ4v) is 2.39. The summed E-state index contributed by atoms with van der Waals surface area (Å²) in [4.78, 5) is 8.43. The van der Waals surface area contributed by atoms with E-state index in [4.69, 9.17) is 10.5 Å². The van der Waals surface area contributed by atoms with Crippen molar-refractivity contribution in [2.45, 2.75) is 25.7 Å². The minimum atomic E-state index is 0.455. The number of fused-ring (bicyclic) bond motifs is 1. The molecular weight excluding hydrogens is 216 g/mol. The van der Waals surface area contributed by atoms with Crippen LogP contribution in [0.2, 0.25) is 0 Å². The van der Waals surface area contributed by atoms with Crippen molar-refractivity contribution in [3.63, 3.8) is 0 Å². The van der Waals surface area contributed by atoms with Gasteiger partial charge in [0.25, 0.3) is 5.88 Å². The molecule has 1 saturated carbocycles. The molecule has 2 aromatic heterocycles. The van der Waals surface area contributed by atoms with Gasteiger partial charge in [-0.15, -0.1) is 0 Å². The largest absolute Gasteiger partial charge is 0.475 e. The number of ether oxygens (including phenoxy) is 1. The summed E-state index contributed by atoms with van der Waals surface area (Å²) in [5, 5.41) is 0. The minimum absolute atomic E-state index is 0.455. The normalized spacial score (nSPS) is 16.7. The Morgan fingerprint density at radius 3 is 3.06 bits per heavy atom. The molecule has 0 unspecified atom stereocenters. The van der Waals surface area contributed by atoms with Gasteiger partial charge in [0.05, 0.1) is 12.8 Å². The number of nitrogen functional groups attached to an aromatic ring is 1.